The highest BCUT2D eigenvalue weighted by Crippen LogP contribution is 2.40. The van der Waals surface area contributed by atoms with E-state index in [-0.39, 0.29) is 5.82 Å². The van der Waals surface area contributed by atoms with Crippen LogP contribution in [0.3, 0.4) is 0 Å². The van der Waals surface area contributed by atoms with Gasteiger partial charge in [0, 0.05) is 32.2 Å². The average molecular weight is 341 g/mol. The van der Waals surface area contributed by atoms with Gasteiger partial charge in [-0.1, -0.05) is 18.9 Å². The lowest BCUT2D eigenvalue weighted by atomic mass is 9.90. The van der Waals surface area contributed by atoms with Crippen molar-refractivity contribution in [3.63, 3.8) is 0 Å². The van der Waals surface area contributed by atoms with Gasteiger partial charge in [-0.3, -0.25) is 4.90 Å². The van der Waals surface area contributed by atoms with Crippen LogP contribution in [0.25, 0.3) is 0 Å². The highest BCUT2D eigenvalue weighted by atomic mass is 79.9. The molecule has 2 aliphatic rings. The van der Waals surface area contributed by atoms with Crippen molar-refractivity contribution in [1.29, 1.82) is 0 Å². The number of hydrogen-bond acceptors (Lipinski definition) is 2. The normalized spacial score (nSPS) is 23.1. The number of nitrogens with zero attached hydrogens (tertiary/aromatic N) is 1. The zero-order valence-electron chi connectivity index (χ0n) is 11.7. The summed E-state index contributed by atoms with van der Waals surface area (Å²) in [4.78, 5) is 2.59. The van der Waals surface area contributed by atoms with E-state index in [1.807, 2.05) is 12.1 Å². The first-order chi connectivity index (χ1) is 9.75. The summed E-state index contributed by atoms with van der Waals surface area (Å²) in [5, 5.41) is 3.42. The Hall–Kier alpha value is -0.450. The minimum absolute atomic E-state index is 0.167. The second-order valence-corrected chi connectivity index (χ2v) is 6.80. The van der Waals surface area contributed by atoms with Gasteiger partial charge in [-0.2, -0.15) is 0 Å². The fourth-order valence-corrected chi connectivity index (χ4v) is 4.11. The van der Waals surface area contributed by atoms with Crippen molar-refractivity contribution in [2.45, 2.75) is 31.7 Å². The Labute approximate surface area is 128 Å². The molecular weight excluding hydrogens is 319 g/mol. The molecule has 0 spiro atoms. The van der Waals surface area contributed by atoms with Crippen LogP contribution in [-0.2, 0) is 0 Å². The van der Waals surface area contributed by atoms with Crippen LogP contribution in [0.1, 0.15) is 37.3 Å². The van der Waals surface area contributed by atoms with E-state index >= 15 is 0 Å². The van der Waals surface area contributed by atoms with Gasteiger partial charge in [0.05, 0.1) is 4.47 Å². The van der Waals surface area contributed by atoms with Gasteiger partial charge in [0.2, 0.25) is 0 Å². The first-order valence-electron chi connectivity index (χ1n) is 7.65. The largest absolute Gasteiger partial charge is 0.314 e. The minimum atomic E-state index is -0.167. The van der Waals surface area contributed by atoms with E-state index in [4.69, 9.17) is 0 Å². The maximum absolute atomic E-state index is 13.5. The molecule has 4 heteroatoms. The van der Waals surface area contributed by atoms with Crippen molar-refractivity contribution in [3.05, 3.63) is 34.1 Å². The lowest BCUT2D eigenvalue weighted by Crippen LogP contribution is -2.46. The monoisotopic (exact) mass is 340 g/mol. The highest BCUT2D eigenvalue weighted by Gasteiger charge is 2.32. The zero-order chi connectivity index (χ0) is 13.9. The average Bonchev–Trinajstić information content (AvgIpc) is 2.98. The predicted molar refractivity (Wildman–Crippen MR) is 83.2 cm³/mol. The van der Waals surface area contributed by atoms with Gasteiger partial charge in [-0.15, -0.1) is 0 Å². The summed E-state index contributed by atoms with van der Waals surface area (Å²) in [7, 11) is 0. The van der Waals surface area contributed by atoms with E-state index in [2.05, 4.69) is 26.1 Å². The Bertz CT molecular complexity index is 454. The van der Waals surface area contributed by atoms with Crippen LogP contribution in [-0.4, -0.2) is 31.1 Å². The molecule has 2 nitrogen and oxygen atoms in total. The Morgan fingerprint density at radius 2 is 1.90 bits per heavy atom. The summed E-state index contributed by atoms with van der Waals surface area (Å²) in [6.45, 7) is 4.31. The fourth-order valence-electron chi connectivity index (χ4n) is 3.71. The van der Waals surface area contributed by atoms with E-state index in [0.29, 0.717) is 10.5 Å². The second-order valence-electron chi connectivity index (χ2n) is 5.95. The number of halogens is 2. The molecule has 20 heavy (non-hydrogen) atoms. The molecular formula is C16H22BrFN2. The molecule has 1 aromatic rings. The van der Waals surface area contributed by atoms with Crippen LogP contribution in [0.4, 0.5) is 4.39 Å². The second kappa shape index (κ2) is 6.54. The van der Waals surface area contributed by atoms with Crippen LogP contribution in [0.2, 0.25) is 0 Å². The molecule has 2 fully saturated rings. The number of benzene rings is 1. The van der Waals surface area contributed by atoms with E-state index in [1.54, 1.807) is 6.07 Å². The summed E-state index contributed by atoms with van der Waals surface area (Å²) in [6, 6.07) is 6.02. The Kier molecular flexibility index (Phi) is 4.74. The van der Waals surface area contributed by atoms with Gasteiger partial charge in [0.25, 0.3) is 0 Å². The van der Waals surface area contributed by atoms with Gasteiger partial charge in [-0.25, -0.2) is 4.39 Å². The molecule has 1 heterocycles. The van der Waals surface area contributed by atoms with Crippen molar-refractivity contribution >= 4 is 15.9 Å². The molecule has 0 unspecified atom stereocenters. The summed E-state index contributed by atoms with van der Waals surface area (Å²) >= 11 is 3.34. The molecule has 3 rings (SSSR count). The van der Waals surface area contributed by atoms with Gasteiger partial charge in [0.15, 0.2) is 0 Å². The first-order valence-corrected chi connectivity index (χ1v) is 8.45. The quantitative estimate of drug-likeness (QED) is 0.901. The third-order valence-electron chi connectivity index (χ3n) is 4.68. The minimum Gasteiger partial charge on any atom is -0.314 e. The van der Waals surface area contributed by atoms with Gasteiger partial charge in [0.1, 0.15) is 5.82 Å². The summed E-state index contributed by atoms with van der Waals surface area (Å²) < 4.78 is 14.1. The SMILES string of the molecule is Fc1ccc([C@@H](C2CCCC2)N2CCNCC2)cc1Br. The summed E-state index contributed by atoms with van der Waals surface area (Å²) in [6.07, 6.45) is 5.30. The number of nitrogens with one attached hydrogen (secondary N) is 1. The maximum Gasteiger partial charge on any atom is 0.137 e. The molecule has 1 aliphatic carbocycles. The van der Waals surface area contributed by atoms with Gasteiger partial charge < -0.3 is 5.32 Å². The molecule has 1 aliphatic heterocycles. The highest BCUT2D eigenvalue weighted by molar-refractivity contribution is 9.10. The Balaban J connectivity index is 1.88. The van der Waals surface area contributed by atoms with Crippen molar-refractivity contribution in [3.8, 4) is 0 Å². The van der Waals surface area contributed by atoms with E-state index in [1.165, 1.54) is 31.2 Å². The smallest absolute Gasteiger partial charge is 0.137 e. The van der Waals surface area contributed by atoms with Crippen molar-refractivity contribution in [1.82, 2.24) is 10.2 Å². The number of piperazine rings is 1. The van der Waals surface area contributed by atoms with E-state index < -0.39 is 0 Å². The molecule has 110 valence electrons. The predicted octanol–water partition coefficient (Wildman–Crippen LogP) is 3.72. The number of rotatable bonds is 3. The summed E-state index contributed by atoms with van der Waals surface area (Å²) in [5.41, 5.74) is 1.27. The van der Waals surface area contributed by atoms with Gasteiger partial charge in [-0.05, 0) is 52.4 Å². The third-order valence-corrected chi connectivity index (χ3v) is 5.28. The molecule has 1 N–H and O–H groups in total. The topological polar surface area (TPSA) is 15.3 Å². The van der Waals surface area contributed by atoms with E-state index in [0.717, 1.165) is 32.1 Å². The molecule has 1 atom stereocenters. The zero-order valence-corrected chi connectivity index (χ0v) is 13.3. The van der Waals surface area contributed by atoms with Crippen molar-refractivity contribution in [2.75, 3.05) is 26.2 Å². The molecule has 0 aromatic heterocycles. The third kappa shape index (κ3) is 3.07. The van der Waals surface area contributed by atoms with Crippen LogP contribution in [0, 0.1) is 11.7 Å². The van der Waals surface area contributed by atoms with Crippen LogP contribution in [0.5, 0.6) is 0 Å². The summed E-state index contributed by atoms with van der Waals surface area (Å²) in [5.74, 6) is 0.560. The molecule has 0 radical (unpaired) electrons. The first kappa shape index (κ1) is 14.5. The molecule has 0 amide bonds. The lowest BCUT2D eigenvalue weighted by Gasteiger charge is -2.38. The van der Waals surface area contributed by atoms with Crippen molar-refractivity contribution in [2.24, 2.45) is 5.92 Å². The van der Waals surface area contributed by atoms with Gasteiger partial charge >= 0.3 is 0 Å². The Morgan fingerprint density at radius 3 is 2.55 bits per heavy atom. The Morgan fingerprint density at radius 1 is 1.20 bits per heavy atom. The molecule has 1 saturated carbocycles. The fraction of sp³-hybridized carbons (Fsp3) is 0.625. The molecule has 1 aromatic carbocycles. The maximum atomic E-state index is 13.5. The van der Waals surface area contributed by atoms with Crippen LogP contribution in [0.15, 0.2) is 22.7 Å². The molecule has 0 bridgehead atoms. The van der Waals surface area contributed by atoms with Crippen LogP contribution < -0.4 is 5.32 Å². The van der Waals surface area contributed by atoms with Crippen molar-refractivity contribution < 1.29 is 4.39 Å². The van der Waals surface area contributed by atoms with Crippen LogP contribution >= 0.6 is 15.9 Å². The molecule has 1 saturated heterocycles. The standard InChI is InChI=1S/C16H22BrFN2/c17-14-11-13(5-6-15(14)18)16(12-3-1-2-4-12)20-9-7-19-8-10-20/h5-6,11-12,16,19H,1-4,7-10H2/t16-/m1/s1. The van der Waals surface area contributed by atoms with E-state index in [9.17, 15) is 4.39 Å². The lowest BCUT2D eigenvalue weighted by molar-refractivity contribution is 0.125. The number of hydrogen-bond donors (Lipinski definition) is 1.